The van der Waals surface area contributed by atoms with Crippen LogP contribution in [0.5, 0.6) is 0 Å². The summed E-state index contributed by atoms with van der Waals surface area (Å²) >= 11 is 0. The predicted octanol–water partition coefficient (Wildman–Crippen LogP) is 4.49. The number of carbonyl (C=O) groups excluding carboxylic acids is 4. The van der Waals surface area contributed by atoms with E-state index in [0.717, 1.165) is 70.5 Å². The number of hydrogen-bond acceptors (Lipinski definition) is 6. The minimum atomic E-state index is -0.577. The van der Waals surface area contributed by atoms with Crippen molar-refractivity contribution in [2.45, 2.75) is 91.4 Å². The van der Waals surface area contributed by atoms with Crippen molar-refractivity contribution in [1.82, 2.24) is 40.4 Å². The molecule has 12 nitrogen and oxygen atoms in total. The Morgan fingerprint density at radius 2 is 1.10 bits per heavy atom. The van der Waals surface area contributed by atoms with E-state index in [2.05, 4.69) is 32.4 Å². The van der Waals surface area contributed by atoms with E-state index in [1.807, 2.05) is 73.9 Å². The van der Waals surface area contributed by atoms with Crippen LogP contribution in [-0.2, 0) is 19.2 Å². The van der Waals surface area contributed by atoms with Gasteiger partial charge in [-0.15, -0.1) is 0 Å². The molecule has 50 heavy (non-hydrogen) atoms. The molecule has 2 aromatic carbocycles. The number of fused-ring (bicyclic) bond motifs is 2. The number of nitrogens with zero attached hydrogens (tertiary/aromatic N) is 4. The predicted molar refractivity (Wildman–Crippen MR) is 190 cm³/mol. The highest BCUT2D eigenvalue weighted by molar-refractivity contribution is 5.88. The average molecular weight is 679 g/mol. The molecule has 1 unspecified atom stereocenters. The van der Waals surface area contributed by atoms with Gasteiger partial charge in [0.1, 0.15) is 23.7 Å². The molecule has 2 aromatic heterocycles. The molecule has 12 heteroatoms. The molecule has 4 heterocycles. The van der Waals surface area contributed by atoms with E-state index in [9.17, 15) is 19.2 Å². The van der Waals surface area contributed by atoms with Gasteiger partial charge in [0.25, 0.3) is 0 Å². The molecule has 0 spiro atoms. The van der Waals surface area contributed by atoms with Gasteiger partial charge in [-0.05, 0) is 73.9 Å². The Morgan fingerprint density at radius 3 is 1.46 bits per heavy atom. The Bertz CT molecular complexity index is 1860. The highest BCUT2D eigenvalue weighted by atomic mass is 16.2. The molecular weight excluding hydrogens is 632 g/mol. The summed E-state index contributed by atoms with van der Waals surface area (Å²) < 4.78 is 0. The Labute approximate surface area is 292 Å². The van der Waals surface area contributed by atoms with Gasteiger partial charge in [-0.25, -0.2) is 9.97 Å². The largest absolute Gasteiger partial charge is 0.344 e. The topological polar surface area (TPSA) is 156 Å². The van der Waals surface area contributed by atoms with Gasteiger partial charge in [-0.1, -0.05) is 39.5 Å². The number of aromatic amines is 2. The van der Waals surface area contributed by atoms with Crippen LogP contribution in [0.4, 0.5) is 0 Å². The van der Waals surface area contributed by atoms with E-state index in [0.29, 0.717) is 13.1 Å². The second-order valence-corrected chi connectivity index (χ2v) is 14.2. The lowest BCUT2D eigenvalue weighted by atomic mass is 10.0. The van der Waals surface area contributed by atoms with Crippen molar-refractivity contribution in [2.75, 3.05) is 13.1 Å². The molecule has 0 aliphatic carbocycles. The fourth-order valence-corrected chi connectivity index (χ4v) is 7.12. The van der Waals surface area contributed by atoms with Crippen LogP contribution in [0, 0.1) is 23.7 Å². The van der Waals surface area contributed by atoms with E-state index in [1.165, 1.54) is 13.8 Å². The van der Waals surface area contributed by atoms with Crippen LogP contribution in [0.25, 0.3) is 22.1 Å². The number of imidazole rings is 2. The van der Waals surface area contributed by atoms with Crippen LogP contribution < -0.4 is 10.6 Å². The van der Waals surface area contributed by atoms with Crippen LogP contribution in [0.1, 0.15) is 102 Å². The SMILES string of the molecule is CC(=O)NC(C(=O)N1CCC[C@@H]1c1nc2cc(C#Cc3ccc4[nH]c([C@H]5CCCN5C(=O)[C@H](NC(C)=O)C(C)C)nc4c3)ccc2[nH]1)C(C)C. The summed E-state index contributed by atoms with van der Waals surface area (Å²) in [5.74, 6) is 7.32. The Hall–Kier alpha value is -5.18. The van der Waals surface area contributed by atoms with Crippen molar-refractivity contribution in [1.29, 1.82) is 0 Å². The van der Waals surface area contributed by atoms with Gasteiger partial charge in [0, 0.05) is 38.1 Å². The average Bonchev–Trinajstić information content (AvgIpc) is 3.88. The number of hydrogen-bond donors (Lipinski definition) is 4. The van der Waals surface area contributed by atoms with Gasteiger partial charge in [0.2, 0.25) is 23.6 Å². The van der Waals surface area contributed by atoms with Crippen molar-refractivity contribution in [2.24, 2.45) is 11.8 Å². The monoisotopic (exact) mass is 678 g/mol. The van der Waals surface area contributed by atoms with Crippen molar-refractivity contribution >= 4 is 45.7 Å². The Balaban J connectivity index is 1.18. The fourth-order valence-electron chi connectivity index (χ4n) is 7.12. The van der Waals surface area contributed by atoms with Crippen molar-refractivity contribution < 1.29 is 19.2 Å². The molecule has 262 valence electrons. The third kappa shape index (κ3) is 7.22. The molecule has 0 radical (unpaired) electrons. The minimum absolute atomic E-state index is 0.0339. The number of carbonyl (C=O) groups is 4. The first-order valence-electron chi connectivity index (χ1n) is 17.6. The number of nitrogens with one attached hydrogen (secondary N) is 4. The van der Waals surface area contributed by atoms with Gasteiger partial charge in [-0.2, -0.15) is 0 Å². The summed E-state index contributed by atoms with van der Waals surface area (Å²) in [5.41, 5.74) is 4.90. The maximum absolute atomic E-state index is 13.5. The summed E-state index contributed by atoms with van der Waals surface area (Å²) in [4.78, 5) is 70.8. The molecule has 2 aliphatic heterocycles. The zero-order valence-corrected chi connectivity index (χ0v) is 29.6. The summed E-state index contributed by atoms with van der Waals surface area (Å²) in [6.07, 6.45) is 3.33. The molecule has 4 N–H and O–H groups in total. The van der Waals surface area contributed by atoms with Gasteiger partial charge in [0.05, 0.1) is 34.2 Å². The van der Waals surface area contributed by atoms with Crippen molar-refractivity contribution in [3.8, 4) is 11.8 Å². The van der Waals surface area contributed by atoms with E-state index < -0.39 is 12.1 Å². The number of likely N-dealkylation sites (tertiary alicyclic amines) is 2. The maximum atomic E-state index is 13.5. The van der Waals surface area contributed by atoms with Gasteiger partial charge >= 0.3 is 0 Å². The molecule has 0 saturated carbocycles. The second kappa shape index (κ2) is 14.4. The number of aromatic nitrogens is 4. The van der Waals surface area contributed by atoms with Crippen molar-refractivity contribution in [3.05, 3.63) is 59.2 Å². The normalized spacial score (nSPS) is 18.8. The molecule has 2 aliphatic rings. The quantitative estimate of drug-likeness (QED) is 0.201. The second-order valence-electron chi connectivity index (χ2n) is 14.2. The number of rotatable bonds is 8. The van der Waals surface area contributed by atoms with Crippen LogP contribution in [-0.4, -0.2) is 78.5 Å². The first-order chi connectivity index (χ1) is 23.9. The van der Waals surface area contributed by atoms with Crippen LogP contribution in [0.2, 0.25) is 0 Å². The fraction of sp³-hybridized carbons (Fsp3) is 0.474. The van der Waals surface area contributed by atoms with Crippen molar-refractivity contribution in [3.63, 3.8) is 0 Å². The highest BCUT2D eigenvalue weighted by Crippen LogP contribution is 2.34. The Morgan fingerprint density at radius 1 is 0.700 bits per heavy atom. The number of benzene rings is 2. The summed E-state index contributed by atoms with van der Waals surface area (Å²) in [7, 11) is 0. The van der Waals surface area contributed by atoms with Gasteiger partial charge < -0.3 is 30.4 Å². The Kier molecular flexibility index (Phi) is 9.95. The number of H-pyrrole nitrogens is 2. The first kappa shape index (κ1) is 34.7. The minimum Gasteiger partial charge on any atom is -0.344 e. The molecule has 6 rings (SSSR count). The molecular formula is C38H46N8O4. The van der Waals surface area contributed by atoms with Crippen LogP contribution >= 0.6 is 0 Å². The third-order valence-electron chi connectivity index (χ3n) is 9.64. The zero-order chi connectivity index (χ0) is 35.7. The zero-order valence-electron chi connectivity index (χ0n) is 29.6. The lowest BCUT2D eigenvalue weighted by molar-refractivity contribution is -0.138. The van der Waals surface area contributed by atoms with Gasteiger partial charge in [-0.3, -0.25) is 19.2 Å². The number of amides is 4. The third-order valence-corrected chi connectivity index (χ3v) is 9.64. The standard InChI is InChI=1S/C38H46N8O4/c1-21(2)33(39-23(5)47)37(49)45-17-7-9-31(45)35-41-27-15-13-25(19-29(27)43-35)11-12-26-14-16-28-30(20-26)44-36(42-28)32-10-8-18-46(32)38(50)34(22(3)4)40-24(6)48/h13-16,19-22,31-34H,7-10,17-18H2,1-6H3,(H,39,47)(H,40,48)(H,41,43)(H,42,44)/t31-,32-,33-,34?/m1/s1. The van der Waals surface area contributed by atoms with E-state index in [-0.39, 0.29) is 47.5 Å². The van der Waals surface area contributed by atoms with E-state index in [4.69, 9.17) is 9.97 Å². The lowest BCUT2D eigenvalue weighted by Crippen LogP contribution is -2.50. The first-order valence-corrected chi connectivity index (χ1v) is 17.6. The molecule has 4 aromatic rings. The summed E-state index contributed by atoms with van der Waals surface area (Å²) in [5, 5.41) is 5.65. The smallest absolute Gasteiger partial charge is 0.246 e. The molecule has 0 bridgehead atoms. The highest BCUT2D eigenvalue weighted by Gasteiger charge is 2.38. The summed E-state index contributed by atoms with van der Waals surface area (Å²) in [6, 6.07) is 10.2. The lowest BCUT2D eigenvalue weighted by Gasteiger charge is -2.30. The molecule has 4 atom stereocenters. The van der Waals surface area contributed by atoms with E-state index >= 15 is 0 Å². The van der Waals surface area contributed by atoms with Gasteiger partial charge in [0.15, 0.2) is 0 Å². The molecule has 4 amide bonds. The maximum Gasteiger partial charge on any atom is 0.246 e. The molecule has 2 fully saturated rings. The van der Waals surface area contributed by atoms with E-state index in [1.54, 1.807) is 0 Å². The van der Waals surface area contributed by atoms with Crippen LogP contribution in [0.15, 0.2) is 36.4 Å². The van der Waals surface area contributed by atoms with Crippen LogP contribution in [0.3, 0.4) is 0 Å². The molecule has 2 saturated heterocycles. The summed E-state index contributed by atoms with van der Waals surface area (Å²) in [6.45, 7) is 11.9.